The highest BCUT2D eigenvalue weighted by Crippen LogP contribution is 2.21. The minimum Gasteiger partial charge on any atom is -0.399 e. The van der Waals surface area contributed by atoms with E-state index in [2.05, 4.69) is 5.10 Å². The Morgan fingerprint density at radius 3 is 2.76 bits per heavy atom. The highest BCUT2D eigenvalue weighted by molar-refractivity contribution is 6.30. The first-order chi connectivity index (χ1) is 10.1. The molecule has 21 heavy (non-hydrogen) atoms. The van der Waals surface area contributed by atoms with Crippen LogP contribution in [0.2, 0.25) is 5.02 Å². The Bertz CT molecular complexity index is 783. The predicted octanol–water partition coefficient (Wildman–Crippen LogP) is 3.97. The van der Waals surface area contributed by atoms with Crippen LogP contribution in [0.25, 0.3) is 11.1 Å². The van der Waals surface area contributed by atoms with Crippen molar-refractivity contribution < 1.29 is 4.39 Å². The fourth-order valence-corrected chi connectivity index (χ4v) is 2.30. The Labute approximate surface area is 126 Å². The highest BCUT2D eigenvalue weighted by Gasteiger charge is 2.06. The zero-order valence-electron chi connectivity index (χ0n) is 11.1. The highest BCUT2D eigenvalue weighted by atomic mass is 35.5. The first kappa shape index (κ1) is 13.6. The lowest BCUT2D eigenvalue weighted by Crippen LogP contribution is -2.02. The average Bonchev–Trinajstić information content (AvgIpc) is 2.91. The largest absolute Gasteiger partial charge is 0.399 e. The van der Waals surface area contributed by atoms with E-state index in [9.17, 15) is 4.39 Å². The van der Waals surface area contributed by atoms with Gasteiger partial charge >= 0.3 is 0 Å². The first-order valence-corrected chi connectivity index (χ1v) is 6.82. The molecule has 0 saturated carbocycles. The van der Waals surface area contributed by atoms with Crippen molar-refractivity contribution in [2.75, 3.05) is 5.73 Å². The lowest BCUT2D eigenvalue weighted by atomic mass is 10.1. The maximum absolute atomic E-state index is 13.8. The summed E-state index contributed by atoms with van der Waals surface area (Å²) in [5.41, 5.74) is 8.94. The van der Waals surface area contributed by atoms with Crippen LogP contribution in [0.5, 0.6) is 0 Å². The molecule has 106 valence electrons. The standard InChI is InChI=1S/C16H13ClFN3/c17-14-5-4-12(16(18)7-14)9-21-10-13(8-20-21)11-2-1-3-15(19)6-11/h1-8,10H,9,19H2. The molecule has 2 aromatic carbocycles. The number of benzene rings is 2. The molecule has 0 aliphatic rings. The molecular weight excluding hydrogens is 289 g/mol. The van der Waals surface area contributed by atoms with Crippen molar-refractivity contribution in [3.8, 4) is 11.1 Å². The van der Waals surface area contributed by atoms with Crippen LogP contribution < -0.4 is 5.73 Å². The number of halogens is 2. The van der Waals surface area contributed by atoms with Crippen LogP contribution >= 0.6 is 11.6 Å². The summed E-state index contributed by atoms with van der Waals surface area (Å²) in [5.74, 6) is -0.330. The molecule has 0 atom stereocenters. The van der Waals surface area contributed by atoms with Gasteiger partial charge in [0.2, 0.25) is 0 Å². The van der Waals surface area contributed by atoms with Gasteiger partial charge in [0.25, 0.3) is 0 Å². The number of nitrogens with two attached hydrogens (primary N) is 1. The molecule has 3 aromatic rings. The van der Waals surface area contributed by atoms with Crippen molar-refractivity contribution in [3.05, 3.63) is 71.3 Å². The summed E-state index contributed by atoms with van der Waals surface area (Å²) >= 11 is 5.74. The second kappa shape index (κ2) is 5.58. The Kier molecular flexibility index (Phi) is 3.62. The number of anilines is 1. The summed E-state index contributed by atoms with van der Waals surface area (Å²) < 4.78 is 15.5. The van der Waals surface area contributed by atoms with Crippen molar-refractivity contribution in [1.82, 2.24) is 9.78 Å². The van der Waals surface area contributed by atoms with E-state index in [4.69, 9.17) is 17.3 Å². The molecule has 0 radical (unpaired) electrons. The number of rotatable bonds is 3. The van der Waals surface area contributed by atoms with Crippen LogP contribution in [0.3, 0.4) is 0 Å². The van der Waals surface area contributed by atoms with E-state index in [0.717, 1.165) is 11.1 Å². The van der Waals surface area contributed by atoms with Crippen molar-refractivity contribution in [3.63, 3.8) is 0 Å². The van der Waals surface area contributed by atoms with Gasteiger partial charge in [-0.1, -0.05) is 29.8 Å². The van der Waals surface area contributed by atoms with E-state index in [1.807, 2.05) is 30.5 Å². The number of hydrogen-bond acceptors (Lipinski definition) is 2. The monoisotopic (exact) mass is 301 g/mol. The minimum absolute atomic E-state index is 0.330. The number of hydrogen-bond donors (Lipinski definition) is 1. The summed E-state index contributed by atoms with van der Waals surface area (Å²) in [5, 5.41) is 4.64. The molecule has 5 heteroatoms. The van der Waals surface area contributed by atoms with E-state index in [0.29, 0.717) is 22.8 Å². The van der Waals surface area contributed by atoms with Gasteiger partial charge in [0.05, 0.1) is 12.7 Å². The Morgan fingerprint density at radius 2 is 2.00 bits per heavy atom. The summed E-state index contributed by atoms with van der Waals surface area (Å²) in [6, 6.07) is 12.2. The van der Waals surface area contributed by atoms with E-state index in [1.54, 1.807) is 23.0 Å². The summed E-state index contributed by atoms with van der Waals surface area (Å²) in [4.78, 5) is 0. The van der Waals surface area contributed by atoms with Crippen molar-refractivity contribution >= 4 is 17.3 Å². The maximum atomic E-state index is 13.8. The quantitative estimate of drug-likeness (QED) is 0.744. The molecule has 0 bridgehead atoms. The first-order valence-electron chi connectivity index (χ1n) is 6.44. The maximum Gasteiger partial charge on any atom is 0.129 e. The smallest absolute Gasteiger partial charge is 0.129 e. The normalized spacial score (nSPS) is 10.8. The predicted molar refractivity (Wildman–Crippen MR) is 82.6 cm³/mol. The zero-order chi connectivity index (χ0) is 14.8. The second-order valence-corrected chi connectivity index (χ2v) is 5.22. The molecule has 0 spiro atoms. The van der Waals surface area contributed by atoms with Gasteiger partial charge in [-0.3, -0.25) is 4.68 Å². The molecule has 2 N–H and O–H groups in total. The third-order valence-corrected chi connectivity index (χ3v) is 3.44. The van der Waals surface area contributed by atoms with Gasteiger partial charge in [-0.2, -0.15) is 5.10 Å². The summed E-state index contributed by atoms with van der Waals surface area (Å²) in [6.07, 6.45) is 3.60. The Hall–Kier alpha value is -2.33. The molecule has 0 unspecified atom stereocenters. The molecular formula is C16H13ClFN3. The third-order valence-electron chi connectivity index (χ3n) is 3.20. The zero-order valence-corrected chi connectivity index (χ0v) is 11.9. The SMILES string of the molecule is Nc1cccc(-c2cnn(Cc3ccc(Cl)cc3F)c2)c1. The van der Waals surface area contributed by atoms with Crippen molar-refractivity contribution in [2.24, 2.45) is 0 Å². The lowest BCUT2D eigenvalue weighted by molar-refractivity contribution is 0.585. The van der Waals surface area contributed by atoms with Crippen molar-refractivity contribution in [1.29, 1.82) is 0 Å². The molecule has 1 heterocycles. The van der Waals surface area contributed by atoms with Gasteiger partial charge in [0.15, 0.2) is 0 Å². The van der Waals surface area contributed by atoms with Gasteiger partial charge < -0.3 is 5.73 Å². The van der Waals surface area contributed by atoms with Crippen LogP contribution in [0, 0.1) is 5.82 Å². The molecule has 0 aliphatic carbocycles. The van der Waals surface area contributed by atoms with Gasteiger partial charge in [0.1, 0.15) is 5.82 Å². The molecule has 3 rings (SSSR count). The van der Waals surface area contributed by atoms with Gasteiger partial charge in [-0.05, 0) is 29.8 Å². The van der Waals surface area contributed by atoms with Crippen LogP contribution in [-0.2, 0) is 6.54 Å². The molecule has 3 nitrogen and oxygen atoms in total. The van der Waals surface area contributed by atoms with Gasteiger partial charge in [-0.25, -0.2) is 4.39 Å². The van der Waals surface area contributed by atoms with Crippen LogP contribution in [0.4, 0.5) is 10.1 Å². The summed E-state index contributed by atoms with van der Waals surface area (Å²) in [6.45, 7) is 0.352. The number of aromatic nitrogens is 2. The Morgan fingerprint density at radius 1 is 1.14 bits per heavy atom. The minimum atomic E-state index is -0.330. The number of nitrogens with zero attached hydrogens (tertiary/aromatic N) is 2. The summed E-state index contributed by atoms with van der Waals surface area (Å²) in [7, 11) is 0. The average molecular weight is 302 g/mol. The Balaban J connectivity index is 1.85. The fraction of sp³-hybridized carbons (Fsp3) is 0.0625. The molecule has 1 aromatic heterocycles. The van der Waals surface area contributed by atoms with E-state index >= 15 is 0 Å². The van der Waals surface area contributed by atoms with Gasteiger partial charge in [0, 0.05) is 28.0 Å². The van der Waals surface area contributed by atoms with Gasteiger partial charge in [-0.15, -0.1) is 0 Å². The third kappa shape index (κ3) is 3.06. The second-order valence-electron chi connectivity index (χ2n) is 4.79. The van der Waals surface area contributed by atoms with Crippen LogP contribution in [0.1, 0.15) is 5.56 Å². The van der Waals surface area contributed by atoms with Crippen molar-refractivity contribution in [2.45, 2.75) is 6.54 Å². The van der Waals surface area contributed by atoms with E-state index in [-0.39, 0.29) is 5.82 Å². The lowest BCUT2D eigenvalue weighted by Gasteiger charge is -2.04. The number of nitrogen functional groups attached to an aromatic ring is 1. The van der Waals surface area contributed by atoms with E-state index < -0.39 is 0 Å². The fourth-order valence-electron chi connectivity index (χ4n) is 2.14. The molecule has 0 aliphatic heterocycles. The van der Waals surface area contributed by atoms with Crippen LogP contribution in [-0.4, -0.2) is 9.78 Å². The van der Waals surface area contributed by atoms with E-state index in [1.165, 1.54) is 6.07 Å². The van der Waals surface area contributed by atoms with Crippen LogP contribution in [0.15, 0.2) is 54.9 Å². The molecule has 0 fully saturated rings. The molecule has 0 amide bonds. The topological polar surface area (TPSA) is 43.8 Å². The molecule has 0 saturated heterocycles.